The van der Waals surface area contributed by atoms with Crippen molar-refractivity contribution in [3.63, 3.8) is 0 Å². The molecule has 1 aliphatic rings. The van der Waals surface area contributed by atoms with Crippen molar-refractivity contribution in [3.05, 3.63) is 70.6 Å². The van der Waals surface area contributed by atoms with E-state index in [1.54, 1.807) is 4.90 Å². The number of fused-ring (bicyclic) bond motifs is 1. The lowest BCUT2D eigenvalue weighted by Crippen LogP contribution is -2.43. The Hall–Kier alpha value is -3.06. The number of para-hydroxylation sites is 2. The summed E-state index contributed by atoms with van der Waals surface area (Å²) in [6.07, 6.45) is 1.53. The molecule has 1 amide bonds. The van der Waals surface area contributed by atoms with Crippen molar-refractivity contribution < 1.29 is 9.53 Å². The molecule has 33 heavy (non-hydrogen) atoms. The van der Waals surface area contributed by atoms with Crippen molar-refractivity contribution in [3.8, 4) is 0 Å². The largest absolute Gasteiger partial charge is 0.444 e. The lowest BCUT2D eigenvalue weighted by molar-refractivity contribution is 0.0208. The zero-order chi connectivity index (χ0) is 23.4. The zero-order valence-corrected chi connectivity index (χ0v) is 19.8. The summed E-state index contributed by atoms with van der Waals surface area (Å²) < 4.78 is 7.57. The average Bonchev–Trinajstić information content (AvgIpc) is 3.12. The number of nitrogens with one attached hydrogen (secondary N) is 1. The summed E-state index contributed by atoms with van der Waals surface area (Å²) in [5, 5.41) is 0. The monoisotopic (exact) mass is 450 g/mol. The van der Waals surface area contributed by atoms with Crippen LogP contribution in [0.1, 0.15) is 45.2 Å². The van der Waals surface area contributed by atoms with Gasteiger partial charge in [-0.15, -0.1) is 0 Å². The number of H-pyrrole nitrogens is 1. The summed E-state index contributed by atoms with van der Waals surface area (Å²) in [4.78, 5) is 32.5. The van der Waals surface area contributed by atoms with Gasteiger partial charge >= 0.3 is 11.8 Å². The maximum atomic E-state index is 12.8. The van der Waals surface area contributed by atoms with Crippen LogP contribution in [0.2, 0.25) is 0 Å². The van der Waals surface area contributed by atoms with E-state index < -0.39 is 5.60 Å². The highest BCUT2D eigenvalue weighted by atomic mass is 16.6. The fourth-order valence-electron chi connectivity index (χ4n) is 4.47. The molecule has 0 radical (unpaired) electrons. The second-order valence-corrected chi connectivity index (χ2v) is 9.78. The summed E-state index contributed by atoms with van der Waals surface area (Å²) >= 11 is 0. The number of aromatic amines is 1. The topological polar surface area (TPSA) is 70.6 Å². The first kappa shape index (κ1) is 23.1. The van der Waals surface area contributed by atoms with Gasteiger partial charge in [-0.2, -0.15) is 0 Å². The second kappa shape index (κ2) is 9.83. The minimum Gasteiger partial charge on any atom is -0.444 e. The summed E-state index contributed by atoms with van der Waals surface area (Å²) in [6, 6.07) is 18.1. The van der Waals surface area contributed by atoms with Crippen LogP contribution in [0.3, 0.4) is 0 Å². The molecule has 0 spiro atoms. The first-order chi connectivity index (χ1) is 15.8. The molecule has 7 nitrogen and oxygen atoms in total. The number of hydrogen-bond acceptors (Lipinski definition) is 4. The molecular weight excluding hydrogens is 416 g/mol. The highest BCUT2D eigenvalue weighted by Gasteiger charge is 2.26. The zero-order valence-electron chi connectivity index (χ0n) is 19.8. The second-order valence-electron chi connectivity index (χ2n) is 9.78. The smallest absolute Gasteiger partial charge is 0.410 e. The molecule has 1 fully saturated rings. The molecule has 2 heterocycles. The minimum absolute atomic E-state index is 0.0337. The van der Waals surface area contributed by atoms with Gasteiger partial charge in [0.1, 0.15) is 5.60 Å². The molecule has 0 saturated carbocycles. The van der Waals surface area contributed by atoms with Gasteiger partial charge in [-0.25, -0.2) is 9.59 Å². The number of nitrogens with zero attached hydrogens (tertiary/aromatic N) is 3. The molecule has 1 aliphatic heterocycles. The number of ether oxygens (including phenoxy) is 1. The Morgan fingerprint density at radius 1 is 1.06 bits per heavy atom. The summed E-state index contributed by atoms with van der Waals surface area (Å²) in [5.41, 5.74) is 2.38. The van der Waals surface area contributed by atoms with Crippen LogP contribution in [0.4, 0.5) is 4.79 Å². The third-order valence-corrected chi connectivity index (χ3v) is 6.10. The first-order valence-corrected chi connectivity index (χ1v) is 11.7. The molecule has 1 aromatic heterocycles. The normalized spacial score (nSPS) is 15.6. The Labute approximate surface area is 195 Å². The number of imidazole rings is 1. The SMILES string of the molecule is CC(C)(C)OC(=O)N(CCN1CCC(n2c(=O)[nH]c3ccccc32)CC1)Cc1ccccc1. The van der Waals surface area contributed by atoms with Crippen LogP contribution < -0.4 is 5.69 Å². The number of carbonyl (C=O) groups excluding carboxylic acids is 1. The first-order valence-electron chi connectivity index (χ1n) is 11.7. The average molecular weight is 451 g/mol. The summed E-state index contributed by atoms with van der Waals surface area (Å²) in [6.45, 7) is 9.36. The molecule has 1 saturated heterocycles. The number of likely N-dealkylation sites (tertiary alicyclic amines) is 1. The van der Waals surface area contributed by atoms with Crippen molar-refractivity contribution in [1.82, 2.24) is 19.4 Å². The number of amides is 1. The van der Waals surface area contributed by atoms with Gasteiger partial charge in [-0.05, 0) is 51.3 Å². The number of benzene rings is 2. The summed E-state index contributed by atoms with van der Waals surface area (Å²) in [7, 11) is 0. The number of aromatic nitrogens is 2. The molecule has 0 bridgehead atoms. The Balaban J connectivity index is 1.37. The van der Waals surface area contributed by atoms with E-state index in [0.29, 0.717) is 13.1 Å². The van der Waals surface area contributed by atoms with E-state index in [0.717, 1.165) is 49.1 Å². The molecule has 0 unspecified atom stereocenters. The van der Waals surface area contributed by atoms with E-state index in [1.807, 2.05) is 79.9 Å². The predicted octanol–water partition coefficient (Wildman–Crippen LogP) is 4.40. The fourth-order valence-corrected chi connectivity index (χ4v) is 4.47. The van der Waals surface area contributed by atoms with Gasteiger partial charge in [0, 0.05) is 38.8 Å². The van der Waals surface area contributed by atoms with Crippen molar-refractivity contribution in [2.24, 2.45) is 0 Å². The molecular formula is C26H34N4O3. The van der Waals surface area contributed by atoms with E-state index in [1.165, 1.54) is 0 Å². The van der Waals surface area contributed by atoms with Gasteiger partial charge in [-0.1, -0.05) is 42.5 Å². The lowest BCUT2D eigenvalue weighted by Gasteiger charge is -2.34. The van der Waals surface area contributed by atoms with E-state index in [2.05, 4.69) is 9.88 Å². The Bertz CT molecular complexity index is 1120. The van der Waals surface area contributed by atoms with Crippen molar-refractivity contribution in [2.75, 3.05) is 26.2 Å². The third-order valence-electron chi connectivity index (χ3n) is 6.10. The number of piperidine rings is 1. The molecule has 1 N–H and O–H groups in total. The van der Waals surface area contributed by atoms with Crippen LogP contribution in [0.15, 0.2) is 59.4 Å². The van der Waals surface area contributed by atoms with Gasteiger partial charge in [0.25, 0.3) is 0 Å². The number of carbonyl (C=O) groups is 1. The van der Waals surface area contributed by atoms with Crippen LogP contribution in [-0.2, 0) is 11.3 Å². The predicted molar refractivity (Wildman–Crippen MR) is 130 cm³/mol. The quantitative estimate of drug-likeness (QED) is 0.604. The van der Waals surface area contributed by atoms with Gasteiger partial charge in [0.05, 0.1) is 11.0 Å². The van der Waals surface area contributed by atoms with Crippen LogP contribution in [0.25, 0.3) is 11.0 Å². The standard InChI is InChI=1S/C26H34N4O3/c1-26(2,3)33-25(32)29(19-20-9-5-4-6-10-20)18-17-28-15-13-21(14-16-28)30-23-12-8-7-11-22(23)27-24(30)31/h4-12,21H,13-19H2,1-3H3,(H,27,31). The van der Waals surface area contributed by atoms with Crippen molar-refractivity contribution in [2.45, 2.75) is 51.8 Å². The van der Waals surface area contributed by atoms with E-state index >= 15 is 0 Å². The molecule has 7 heteroatoms. The molecule has 4 rings (SSSR count). The van der Waals surface area contributed by atoms with E-state index in [-0.39, 0.29) is 17.8 Å². The van der Waals surface area contributed by atoms with Gasteiger partial charge in [-0.3, -0.25) is 4.57 Å². The maximum Gasteiger partial charge on any atom is 0.410 e. The molecule has 3 aromatic rings. The Morgan fingerprint density at radius 3 is 2.42 bits per heavy atom. The number of hydrogen-bond donors (Lipinski definition) is 1. The van der Waals surface area contributed by atoms with Crippen molar-refractivity contribution in [1.29, 1.82) is 0 Å². The highest BCUT2D eigenvalue weighted by molar-refractivity contribution is 5.75. The summed E-state index contributed by atoms with van der Waals surface area (Å²) in [5.74, 6) is 0. The lowest BCUT2D eigenvalue weighted by atomic mass is 10.0. The van der Waals surface area contributed by atoms with Gasteiger partial charge in [0.2, 0.25) is 0 Å². The number of rotatable bonds is 6. The minimum atomic E-state index is -0.531. The van der Waals surface area contributed by atoms with E-state index in [9.17, 15) is 9.59 Å². The van der Waals surface area contributed by atoms with Crippen LogP contribution in [-0.4, -0.2) is 57.2 Å². The molecule has 2 aromatic carbocycles. The van der Waals surface area contributed by atoms with Crippen LogP contribution in [0, 0.1) is 0 Å². The third kappa shape index (κ3) is 5.85. The maximum absolute atomic E-state index is 12.8. The highest BCUT2D eigenvalue weighted by Crippen LogP contribution is 2.25. The molecule has 0 aliphatic carbocycles. The van der Waals surface area contributed by atoms with Crippen molar-refractivity contribution >= 4 is 17.1 Å². The van der Waals surface area contributed by atoms with Gasteiger partial charge in [0.15, 0.2) is 0 Å². The molecule has 176 valence electrons. The Morgan fingerprint density at radius 2 is 1.73 bits per heavy atom. The van der Waals surface area contributed by atoms with Gasteiger partial charge < -0.3 is 19.5 Å². The molecule has 0 atom stereocenters. The Kier molecular flexibility index (Phi) is 6.88. The van der Waals surface area contributed by atoms with E-state index in [4.69, 9.17) is 4.74 Å². The van der Waals surface area contributed by atoms with Crippen LogP contribution >= 0.6 is 0 Å². The van der Waals surface area contributed by atoms with Crippen LogP contribution in [0.5, 0.6) is 0 Å². The fraction of sp³-hybridized carbons (Fsp3) is 0.462.